The van der Waals surface area contributed by atoms with Crippen molar-refractivity contribution in [2.45, 2.75) is 62.6 Å². The molecule has 4 aromatic rings. The Bertz CT molecular complexity index is 1760. The number of nitrogens with zero attached hydrogens (tertiary/aromatic N) is 2. The van der Waals surface area contributed by atoms with Crippen molar-refractivity contribution in [2.24, 2.45) is 0 Å². The van der Waals surface area contributed by atoms with Crippen LogP contribution < -0.4 is 9.62 Å². The van der Waals surface area contributed by atoms with E-state index in [1.54, 1.807) is 54.6 Å². The van der Waals surface area contributed by atoms with E-state index in [0.29, 0.717) is 15.2 Å². The molecule has 1 N–H and O–H groups in total. The zero-order valence-electron chi connectivity index (χ0n) is 25.6. The van der Waals surface area contributed by atoms with Crippen molar-refractivity contribution in [2.75, 3.05) is 10.8 Å². The van der Waals surface area contributed by atoms with Gasteiger partial charge in [-0.1, -0.05) is 107 Å². The molecule has 0 saturated heterocycles. The molecule has 1 atom stereocenters. The number of anilines is 1. The van der Waals surface area contributed by atoms with Crippen LogP contribution in [-0.4, -0.2) is 43.8 Å². The summed E-state index contributed by atoms with van der Waals surface area (Å²) in [5.74, 6) is -0.778. The van der Waals surface area contributed by atoms with Gasteiger partial charge in [0.1, 0.15) is 12.6 Å². The lowest BCUT2D eigenvalue weighted by atomic mass is 10.0. The van der Waals surface area contributed by atoms with E-state index in [-0.39, 0.29) is 29.8 Å². The summed E-state index contributed by atoms with van der Waals surface area (Å²) >= 11 is 9.78. The lowest BCUT2D eigenvalue weighted by molar-refractivity contribution is -0.140. The minimum absolute atomic E-state index is 0.0361. The summed E-state index contributed by atoms with van der Waals surface area (Å²) in [4.78, 5) is 30.3. The Hall–Kier alpha value is -3.66. The van der Waals surface area contributed by atoms with E-state index < -0.39 is 28.5 Å². The zero-order chi connectivity index (χ0) is 32.7. The SMILES string of the molecule is Cc1ccc(S(=O)(=O)N(CC(=O)N(Cc2cccc(Cl)c2)C(Cc2ccccc2)C(=O)NC2CCCC2)c2cccc(Br)c2)cc1. The molecule has 240 valence electrons. The quantitative estimate of drug-likeness (QED) is 0.166. The lowest BCUT2D eigenvalue weighted by Crippen LogP contribution is -2.54. The van der Waals surface area contributed by atoms with Crippen LogP contribution in [0.2, 0.25) is 5.02 Å². The number of halogens is 2. The highest BCUT2D eigenvalue weighted by Crippen LogP contribution is 2.28. The molecule has 0 aromatic heterocycles. The molecule has 10 heteroatoms. The molecule has 1 unspecified atom stereocenters. The van der Waals surface area contributed by atoms with Crippen LogP contribution in [0.4, 0.5) is 5.69 Å². The average Bonchev–Trinajstić information content (AvgIpc) is 3.55. The van der Waals surface area contributed by atoms with E-state index in [1.807, 2.05) is 43.3 Å². The summed E-state index contributed by atoms with van der Waals surface area (Å²) in [7, 11) is -4.18. The summed E-state index contributed by atoms with van der Waals surface area (Å²) in [5.41, 5.74) is 2.84. The van der Waals surface area contributed by atoms with E-state index in [2.05, 4.69) is 21.2 Å². The van der Waals surface area contributed by atoms with Gasteiger partial charge in [-0.25, -0.2) is 8.42 Å². The lowest BCUT2D eigenvalue weighted by Gasteiger charge is -2.34. The standard InChI is InChI=1S/C36H37BrClN3O4S/c1-26-17-19-33(20-18-26)46(44,45)41(32-16-8-12-29(37)23-32)25-35(42)40(24-28-11-7-13-30(38)21-28)34(22-27-9-3-2-4-10-27)36(43)39-31-14-5-6-15-31/h2-4,7-13,16-21,23,31,34H,5-6,14-15,22,24-25H2,1H3,(H,39,43). The van der Waals surface area contributed by atoms with Gasteiger partial charge in [0, 0.05) is 28.5 Å². The molecule has 2 amide bonds. The number of carbonyl (C=O) groups is 2. The van der Waals surface area contributed by atoms with Crippen LogP contribution >= 0.6 is 27.5 Å². The first-order valence-electron chi connectivity index (χ1n) is 15.3. The maximum absolute atomic E-state index is 14.6. The number of sulfonamides is 1. The maximum atomic E-state index is 14.6. The number of hydrogen-bond acceptors (Lipinski definition) is 4. The number of aryl methyl sites for hydroxylation is 1. The van der Waals surface area contributed by atoms with Crippen molar-refractivity contribution < 1.29 is 18.0 Å². The summed E-state index contributed by atoms with van der Waals surface area (Å²) in [6.07, 6.45) is 4.11. The number of benzene rings is 4. The largest absolute Gasteiger partial charge is 0.352 e. The predicted octanol–water partition coefficient (Wildman–Crippen LogP) is 7.31. The molecular weight excluding hydrogens is 686 g/mol. The Balaban J connectivity index is 1.57. The van der Waals surface area contributed by atoms with Crippen LogP contribution in [-0.2, 0) is 32.6 Å². The summed E-state index contributed by atoms with van der Waals surface area (Å²) in [6.45, 7) is 1.42. The van der Waals surface area contributed by atoms with E-state index in [1.165, 1.54) is 17.0 Å². The molecule has 7 nitrogen and oxygen atoms in total. The predicted molar refractivity (Wildman–Crippen MR) is 186 cm³/mol. The van der Waals surface area contributed by atoms with E-state index in [4.69, 9.17) is 11.6 Å². The Kier molecular flexibility index (Phi) is 11.2. The summed E-state index contributed by atoms with van der Waals surface area (Å²) < 4.78 is 30.1. The van der Waals surface area contributed by atoms with Crippen LogP contribution in [0.25, 0.3) is 0 Å². The minimum Gasteiger partial charge on any atom is -0.352 e. The highest BCUT2D eigenvalue weighted by molar-refractivity contribution is 9.10. The van der Waals surface area contributed by atoms with E-state index in [0.717, 1.165) is 46.7 Å². The molecule has 1 aliphatic rings. The van der Waals surface area contributed by atoms with Crippen LogP contribution in [0.3, 0.4) is 0 Å². The topological polar surface area (TPSA) is 86.8 Å². The second-order valence-electron chi connectivity index (χ2n) is 11.7. The van der Waals surface area contributed by atoms with Crippen LogP contribution in [0.1, 0.15) is 42.4 Å². The molecule has 1 aliphatic carbocycles. The number of rotatable bonds is 12. The first-order chi connectivity index (χ1) is 22.1. The molecule has 0 bridgehead atoms. The van der Waals surface area contributed by atoms with Crippen LogP contribution in [0.5, 0.6) is 0 Å². The minimum atomic E-state index is -4.18. The Labute approximate surface area is 284 Å². The number of amides is 2. The summed E-state index contributed by atoms with van der Waals surface area (Å²) in [5, 5.41) is 3.69. The van der Waals surface area contributed by atoms with Gasteiger partial charge >= 0.3 is 0 Å². The molecular formula is C36H37BrClN3O4S. The van der Waals surface area contributed by atoms with Crippen molar-refractivity contribution >= 4 is 55.1 Å². The molecule has 0 heterocycles. The van der Waals surface area contributed by atoms with E-state index >= 15 is 0 Å². The third-order valence-corrected chi connectivity index (χ3v) is 10.7. The van der Waals surface area contributed by atoms with Gasteiger partial charge in [0.05, 0.1) is 10.6 Å². The smallest absolute Gasteiger partial charge is 0.264 e. The highest BCUT2D eigenvalue weighted by Gasteiger charge is 2.35. The summed E-state index contributed by atoms with van der Waals surface area (Å²) in [6, 6.07) is 29.2. The van der Waals surface area contributed by atoms with Crippen molar-refractivity contribution in [1.29, 1.82) is 0 Å². The van der Waals surface area contributed by atoms with Crippen LogP contribution in [0.15, 0.2) is 112 Å². The monoisotopic (exact) mass is 721 g/mol. The van der Waals surface area contributed by atoms with Crippen molar-refractivity contribution in [3.8, 4) is 0 Å². The fourth-order valence-corrected chi connectivity index (χ4v) is 7.76. The second-order valence-corrected chi connectivity index (χ2v) is 14.9. The Morgan fingerprint density at radius 2 is 1.57 bits per heavy atom. The fraction of sp³-hybridized carbons (Fsp3) is 0.278. The molecule has 1 fully saturated rings. The first kappa shape index (κ1) is 33.7. The molecule has 0 spiro atoms. The maximum Gasteiger partial charge on any atom is 0.264 e. The number of carbonyl (C=O) groups excluding carboxylic acids is 2. The van der Waals surface area contributed by atoms with Gasteiger partial charge in [0.15, 0.2) is 0 Å². The van der Waals surface area contributed by atoms with Crippen molar-refractivity contribution in [3.63, 3.8) is 0 Å². The van der Waals surface area contributed by atoms with Gasteiger partial charge in [0.2, 0.25) is 11.8 Å². The average molecular weight is 723 g/mol. The van der Waals surface area contributed by atoms with E-state index in [9.17, 15) is 18.0 Å². The Morgan fingerprint density at radius 3 is 2.24 bits per heavy atom. The molecule has 46 heavy (non-hydrogen) atoms. The van der Waals surface area contributed by atoms with Gasteiger partial charge in [-0.15, -0.1) is 0 Å². The van der Waals surface area contributed by atoms with Gasteiger partial charge in [-0.05, 0) is 73.4 Å². The van der Waals surface area contributed by atoms with Crippen LogP contribution in [0, 0.1) is 6.92 Å². The number of hydrogen-bond donors (Lipinski definition) is 1. The van der Waals surface area contributed by atoms with Gasteiger partial charge < -0.3 is 10.2 Å². The third kappa shape index (κ3) is 8.57. The molecule has 1 saturated carbocycles. The zero-order valence-corrected chi connectivity index (χ0v) is 28.8. The number of nitrogens with one attached hydrogen (secondary N) is 1. The molecule has 0 radical (unpaired) electrons. The fourth-order valence-electron chi connectivity index (χ4n) is 5.75. The Morgan fingerprint density at radius 1 is 0.891 bits per heavy atom. The molecule has 0 aliphatic heterocycles. The van der Waals surface area contributed by atoms with Crippen molar-refractivity contribution in [3.05, 3.63) is 129 Å². The normalized spacial score (nSPS) is 14.1. The third-order valence-electron chi connectivity index (χ3n) is 8.20. The molecule has 5 rings (SSSR count). The van der Waals surface area contributed by atoms with Gasteiger partial charge in [0.25, 0.3) is 10.0 Å². The van der Waals surface area contributed by atoms with Gasteiger partial charge in [-0.3, -0.25) is 13.9 Å². The molecule has 4 aromatic carbocycles. The van der Waals surface area contributed by atoms with Crippen molar-refractivity contribution in [1.82, 2.24) is 10.2 Å². The first-order valence-corrected chi connectivity index (χ1v) is 17.9. The second kappa shape index (κ2) is 15.3. The highest BCUT2D eigenvalue weighted by atomic mass is 79.9. The van der Waals surface area contributed by atoms with Gasteiger partial charge in [-0.2, -0.15) is 0 Å².